The highest BCUT2D eigenvalue weighted by molar-refractivity contribution is 7.89. The fourth-order valence-corrected chi connectivity index (χ4v) is 5.12. The van der Waals surface area contributed by atoms with Crippen LogP contribution in [0.3, 0.4) is 0 Å². The van der Waals surface area contributed by atoms with E-state index in [9.17, 15) is 13.2 Å². The summed E-state index contributed by atoms with van der Waals surface area (Å²) < 4.78 is 27.8. The number of fused-ring (bicyclic) bond motifs is 2. The summed E-state index contributed by atoms with van der Waals surface area (Å²) in [6.45, 7) is 3.71. The lowest BCUT2D eigenvalue weighted by Crippen LogP contribution is -2.33. The van der Waals surface area contributed by atoms with Crippen molar-refractivity contribution in [2.45, 2.75) is 26.4 Å². The van der Waals surface area contributed by atoms with Crippen LogP contribution in [0.15, 0.2) is 30.3 Å². The Kier molecular flexibility index (Phi) is 4.73. The minimum atomic E-state index is -3.18. The molecule has 2 aromatic rings. The number of nitrogens with zero attached hydrogens (tertiary/aromatic N) is 4. The Morgan fingerprint density at radius 2 is 1.89 bits per heavy atom. The zero-order valence-corrected chi connectivity index (χ0v) is 16.0. The highest BCUT2D eigenvalue weighted by Crippen LogP contribution is 2.33. The van der Waals surface area contributed by atoms with Crippen LogP contribution < -0.4 is 5.32 Å². The smallest absolute Gasteiger partial charge is 0.289 e. The highest BCUT2D eigenvalue weighted by atomic mass is 32.2. The molecule has 9 heteroatoms. The highest BCUT2D eigenvalue weighted by Gasteiger charge is 2.42. The predicted octanol–water partition coefficient (Wildman–Crippen LogP) is 0.662. The molecule has 0 spiro atoms. The van der Waals surface area contributed by atoms with Gasteiger partial charge in [-0.25, -0.2) is 12.7 Å². The molecule has 1 fully saturated rings. The predicted molar refractivity (Wildman–Crippen MR) is 99.4 cm³/mol. The molecule has 27 heavy (non-hydrogen) atoms. The number of carbonyl (C=O) groups excluding carboxylic acids is 1. The molecule has 1 saturated heterocycles. The average Bonchev–Trinajstić information content (AvgIpc) is 3.28. The van der Waals surface area contributed by atoms with Gasteiger partial charge >= 0.3 is 0 Å². The van der Waals surface area contributed by atoms with Gasteiger partial charge < -0.3 is 9.88 Å². The molecule has 0 saturated carbocycles. The van der Waals surface area contributed by atoms with Crippen molar-refractivity contribution in [3.05, 3.63) is 47.5 Å². The molecule has 8 nitrogen and oxygen atoms in total. The number of nitrogens with one attached hydrogen (secondary N) is 1. The molecular formula is C18H23N5O3S. The Morgan fingerprint density at radius 1 is 1.15 bits per heavy atom. The van der Waals surface area contributed by atoms with Crippen LogP contribution in [0.1, 0.15) is 28.9 Å². The van der Waals surface area contributed by atoms with Crippen LogP contribution in [0, 0.1) is 11.8 Å². The summed E-state index contributed by atoms with van der Waals surface area (Å²) in [6.07, 6.45) is 0.652. The molecule has 1 N–H and O–H groups in total. The standard InChI is InChI=1S/C18H23N5O3S/c1-2-27(25,26)22-10-14-8-16-20-21-17(23(16)12-15(14)11-22)18(24)19-9-13-6-4-3-5-7-13/h3-7,14-15H,2,8-12H2,1H3,(H,19,24)/t14-,15-/m0/s1. The van der Waals surface area contributed by atoms with Crippen LogP contribution in [-0.2, 0) is 29.5 Å². The number of benzene rings is 1. The lowest BCUT2D eigenvalue weighted by molar-refractivity contribution is 0.0932. The summed E-state index contributed by atoms with van der Waals surface area (Å²) in [5.74, 6) is 1.35. The Labute approximate surface area is 158 Å². The van der Waals surface area contributed by atoms with E-state index >= 15 is 0 Å². The van der Waals surface area contributed by atoms with E-state index in [4.69, 9.17) is 0 Å². The van der Waals surface area contributed by atoms with Crippen molar-refractivity contribution in [1.82, 2.24) is 24.4 Å². The molecular weight excluding hydrogens is 366 g/mol. The number of rotatable bonds is 5. The van der Waals surface area contributed by atoms with Gasteiger partial charge in [0.25, 0.3) is 5.91 Å². The maximum Gasteiger partial charge on any atom is 0.289 e. The molecule has 1 aromatic heterocycles. The molecule has 0 unspecified atom stereocenters. The van der Waals surface area contributed by atoms with Crippen LogP contribution in [0.5, 0.6) is 0 Å². The quantitative estimate of drug-likeness (QED) is 0.810. The van der Waals surface area contributed by atoms with E-state index in [2.05, 4.69) is 15.5 Å². The Hall–Kier alpha value is -2.26. The van der Waals surface area contributed by atoms with Gasteiger partial charge in [-0.3, -0.25) is 4.79 Å². The summed E-state index contributed by atoms with van der Waals surface area (Å²) in [4.78, 5) is 12.6. The third kappa shape index (κ3) is 3.49. The van der Waals surface area contributed by atoms with Crippen molar-refractivity contribution in [2.75, 3.05) is 18.8 Å². The van der Waals surface area contributed by atoms with Crippen LogP contribution >= 0.6 is 0 Å². The normalized spacial score (nSPS) is 22.3. The number of hydrogen-bond acceptors (Lipinski definition) is 5. The molecule has 0 bridgehead atoms. The van der Waals surface area contributed by atoms with E-state index in [0.29, 0.717) is 38.4 Å². The second kappa shape index (κ2) is 7.05. The maximum atomic E-state index is 12.6. The SMILES string of the molecule is CCS(=O)(=O)N1C[C@@H]2Cc3nnc(C(=O)NCc4ccccc4)n3C[C@@H]2C1. The number of aromatic nitrogens is 3. The van der Waals surface area contributed by atoms with Crippen molar-refractivity contribution in [3.8, 4) is 0 Å². The van der Waals surface area contributed by atoms with Gasteiger partial charge in [-0.2, -0.15) is 0 Å². The molecule has 1 amide bonds. The zero-order chi connectivity index (χ0) is 19.0. The number of amides is 1. The summed E-state index contributed by atoms with van der Waals surface area (Å²) in [5, 5.41) is 11.2. The van der Waals surface area contributed by atoms with E-state index in [1.807, 2.05) is 34.9 Å². The number of sulfonamides is 1. The lowest BCUT2D eigenvalue weighted by atomic mass is 9.89. The fraction of sp³-hybridized carbons (Fsp3) is 0.500. The van der Waals surface area contributed by atoms with E-state index in [0.717, 1.165) is 11.4 Å². The van der Waals surface area contributed by atoms with E-state index in [1.165, 1.54) is 0 Å². The van der Waals surface area contributed by atoms with Crippen molar-refractivity contribution < 1.29 is 13.2 Å². The van der Waals surface area contributed by atoms with Crippen molar-refractivity contribution in [1.29, 1.82) is 0 Å². The average molecular weight is 389 g/mol. The topological polar surface area (TPSA) is 97.2 Å². The van der Waals surface area contributed by atoms with E-state index in [-0.39, 0.29) is 23.5 Å². The van der Waals surface area contributed by atoms with E-state index < -0.39 is 10.0 Å². The third-order valence-electron chi connectivity index (χ3n) is 5.49. The third-order valence-corrected chi connectivity index (χ3v) is 7.30. The molecule has 144 valence electrons. The van der Waals surface area contributed by atoms with E-state index in [1.54, 1.807) is 11.2 Å². The van der Waals surface area contributed by atoms with Crippen LogP contribution in [-0.4, -0.2) is 52.2 Å². The fourth-order valence-electron chi connectivity index (χ4n) is 3.92. The first-order valence-electron chi connectivity index (χ1n) is 9.20. The summed E-state index contributed by atoms with van der Waals surface area (Å²) in [5.41, 5.74) is 1.01. The summed E-state index contributed by atoms with van der Waals surface area (Å²) >= 11 is 0. The summed E-state index contributed by atoms with van der Waals surface area (Å²) in [6, 6.07) is 9.69. The first kappa shape index (κ1) is 18.1. The Balaban J connectivity index is 1.46. The molecule has 1 aromatic carbocycles. The summed E-state index contributed by atoms with van der Waals surface area (Å²) in [7, 11) is -3.18. The van der Waals surface area contributed by atoms with Crippen LogP contribution in [0.25, 0.3) is 0 Å². The van der Waals surface area contributed by atoms with Crippen molar-refractivity contribution in [3.63, 3.8) is 0 Å². The number of carbonyl (C=O) groups is 1. The Bertz CT molecular complexity index is 941. The zero-order valence-electron chi connectivity index (χ0n) is 15.2. The second-order valence-corrected chi connectivity index (χ2v) is 9.42. The Morgan fingerprint density at radius 3 is 2.63 bits per heavy atom. The van der Waals surface area contributed by atoms with Gasteiger partial charge in [0, 0.05) is 32.6 Å². The molecule has 2 aliphatic heterocycles. The molecule has 2 aliphatic rings. The minimum Gasteiger partial charge on any atom is -0.345 e. The molecule has 0 radical (unpaired) electrons. The van der Waals surface area contributed by atoms with Gasteiger partial charge in [0.1, 0.15) is 5.82 Å². The van der Waals surface area contributed by atoms with Gasteiger partial charge in [-0.1, -0.05) is 30.3 Å². The molecule has 0 aliphatic carbocycles. The number of hydrogen-bond donors (Lipinski definition) is 1. The molecule has 4 rings (SSSR count). The minimum absolute atomic E-state index is 0.117. The van der Waals surface area contributed by atoms with Gasteiger partial charge in [-0.15, -0.1) is 10.2 Å². The maximum absolute atomic E-state index is 12.6. The van der Waals surface area contributed by atoms with Gasteiger partial charge in [0.15, 0.2) is 0 Å². The molecule has 2 atom stereocenters. The molecule has 3 heterocycles. The first-order valence-corrected chi connectivity index (χ1v) is 10.8. The van der Waals surface area contributed by atoms with Crippen LogP contribution in [0.4, 0.5) is 0 Å². The van der Waals surface area contributed by atoms with Crippen LogP contribution in [0.2, 0.25) is 0 Å². The lowest BCUT2D eigenvalue weighted by Gasteiger charge is -2.25. The first-order chi connectivity index (χ1) is 13.0. The monoisotopic (exact) mass is 389 g/mol. The second-order valence-electron chi connectivity index (χ2n) is 7.16. The van der Waals surface area contributed by atoms with Gasteiger partial charge in [-0.05, 0) is 24.3 Å². The van der Waals surface area contributed by atoms with Crippen molar-refractivity contribution in [2.24, 2.45) is 11.8 Å². The van der Waals surface area contributed by atoms with Gasteiger partial charge in [0.2, 0.25) is 15.8 Å². The van der Waals surface area contributed by atoms with Gasteiger partial charge in [0.05, 0.1) is 5.75 Å². The largest absolute Gasteiger partial charge is 0.345 e. The van der Waals surface area contributed by atoms with Crippen molar-refractivity contribution >= 4 is 15.9 Å².